The van der Waals surface area contributed by atoms with Crippen molar-refractivity contribution in [2.75, 3.05) is 10.5 Å². The second-order valence-corrected chi connectivity index (χ2v) is 7.21. The summed E-state index contributed by atoms with van der Waals surface area (Å²) in [4.78, 5) is 20.1. The number of pyridine rings is 1. The molecule has 2 aromatic carbocycles. The number of nitrogens with one attached hydrogen (secondary N) is 2. The number of ketones is 1. The highest BCUT2D eigenvalue weighted by atomic mass is 32.2. The molecule has 2 heterocycles. The van der Waals surface area contributed by atoms with Crippen molar-refractivity contribution in [2.24, 2.45) is 0 Å². The zero-order valence-corrected chi connectivity index (χ0v) is 18.4. The molecule has 8 heteroatoms. The molecule has 4 rings (SSSR count). The molecule has 0 radical (unpaired) electrons. The van der Waals surface area contributed by atoms with Crippen molar-refractivity contribution in [3.05, 3.63) is 89.6 Å². The fourth-order valence-corrected chi connectivity index (χ4v) is 3.46. The van der Waals surface area contributed by atoms with Crippen LogP contribution in [0.15, 0.2) is 66.8 Å². The van der Waals surface area contributed by atoms with Crippen molar-refractivity contribution in [2.45, 2.75) is 13.8 Å². The number of fused-ring (bicyclic) bond motifs is 1. The lowest BCUT2D eigenvalue weighted by Crippen LogP contribution is -2.09. The van der Waals surface area contributed by atoms with Crippen LogP contribution in [0, 0.1) is 11.6 Å². The van der Waals surface area contributed by atoms with E-state index in [4.69, 9.17) is 5.73 Å². The Kier molecular flexibility index (Phi) is 7.27. The molecule has 0 aliphatic carbocycles. The van der Waals surface area contributed by atoms with Crippen LogP contribution in [0.3, 0.4) is 0 Å². The molecule has 32 heavy (non-hydrogen) atoms. The van der Waals surface area contributed by atoms with Gasteiger partial charge in [-0.1, -0.05) is 32.6 Å². The average molecular weight is 453 g/mol. The van der Waals surface area contributed by atoms with Gasteiger partial charge in [0, 0.05) is 34.6 Å². The monoisotopic (exact) mass is 452 g/mol. The summed E-state index contributed by atoms with van der Waals surface area (Å²) in [6.07, 6.45) is 3.06. The Morgan fingerprint density at radius 3 is 2.56 bits per heavy atom. The van der Waals surface area contributed by atoms with Crippen LogP contribution in [0.5, 0.6) is 0 Å². The van der Waals surface area contributed by atoms with E-state index < -0.39 is 23.0 Å². The molecule has 0 bridgehead atoms. The highest BCUT2D eigenvalue weighted by Gasteiger charge is 2.23. The average Bonchev–Trinajstić information content (AvgIpc) is 3.25. The number of nitrogen functional groups attached to an aromatic ring is 1. The lowest BCUT2D eigenvalue weighted by atomic mass is 10.00. The molecular formula is C24H22F2N4OS. The molecule has 0 unspecified atom stereocenters. The summed E-state index contributed by atoms with van der Waals surface area (Å²) >= 11 is 1.36. The number of hydrogen-bond donors (Lipinski definition) is 3. The third-order valence-corrected chi connectivity index (χ3v) is 5.12. The molecule has 4 aromatic rings. The van der Waals surface area contributed by atoms with Crippen molar-refractivity contribution >= 4 is 40.1 Å². The van der Waals surface area contributed by atoms with Crippen LogP contribution < -0.4 is 10.5 Å². The van der Waals surface area contributed by atoms with E-state index in [0.717, 1.165) is 28.9 Å². The molecule has 0 aliphatic rings. The summed E-state index contributed by atoms with van der Waals surface area (Å²) < 4.78 is 31.6. The Hall–Kier alpha value is -3.65. The summed E-state index contributed by atoms with van der Waals surface area (Å²) in [7, 11) is 0. The first-order valence-electron chi connectivity index (χ1n) is 9.88. The Balaban J connectivity index is 0.00000141. The molecule has 0 spiro atoms. The van der Waals surface area contributed by atoms with Crippen molar-refractivity contribution in [1.82, 2.24) is 9.97 Å². The third kappa shape index (κ3) is 4.50. The number of anilines is 2. The summed E-state index contributed by atoms with van der Waals surface area (Å²) in [5, 5.41) is 2.14. The van der Waals surface area contributed by atoms with E-state index in [0.29, 0.717) is 11.0 Å². The number of carbonyl (C=O) groups excluding carboxylic acids is 1. The number of rotatable bonds is 6. The first-order chi connectivity index (χ1) is 15.5. The Bertz CT molecular complexity index is 1270. The van der Waals surface area contributed by atoms with Crippen molar-refractivity contribution in [3.8, 4) is 11.1 Å². The van der Waals surface area contributed by atoms with E-state index in [1.807, 2.05) is 38.1 Å². The minimum absolute atomic E-state index is 0.114. The molecule has 0 saturated carbocycles. The van der Waals surface area contributed by atoms with Gasteiger partial charge in [0.2, 0.25) is 5.78 Å². The molecule has 0 amide bonds. The van der Waals surface area contributed by atoms with E-state index in [2.05, 4.69) is 21.3 Å². The number of nitrogens with zero attached hydrogens (tertiary/aromatic N) is 1. The van der Waals surface area contributed by atoms with Crippen LogP contribution in [-0.4, -0.2) is 15.8 Å². The number of hydrogen-bond acceptors (Lipinski definition) is 5. The Morgan fingerprint density at radius 1 is 1.16 bits per heavy atom. The van der Waals surface area contributed by atoms with Gasteiger partial charge >= 0.3 is 0 Å². The van der Waals surface area contributed by atoms with E-state index in [9.17, 15) is 13.6 Å². The van der Waals surface area contributed by atoms with Crippen molar-refractivity contribution in [3.63, 3.8) is 0 Å². The number of aromatic nitrogens is 2. The van der Waals surface area contributed by atoms with Gasteiger partial charge in [-0.2, -0.15) is 0 Å². The zero-order chi connectivity index (χ0) is 23.3. The van der Waals surface area contributed by atoms with Gasteiger partial charge in [-0.15, -0.1) is 0 Å². The summed E-state index contributed by atoms with van der Waals surface area (Å²) in [5.74, 6) is -2.84. The van der Waals surface area contributed by atoms with Crippen LogP contribution in [-0.2, 0) is 0 Å². The summed E-state index contributed by atoms with van der Waals surface area (Å²) in [5.41, 5.74) is 7.62. The normalized spacial score (nSPS) is 10.4. The standard InChI is InChI=1S/C22H16F2N4OS.C2H6/c1-2-30-28-14-5-3-12(4-6-14)13-9-15-16(11-27-22(15)26-10-13)21(29)19-17(23)7-8-18(25)20(19)24;1-2/h2-11,28H,1,25H2,(H,26,27);1-2H3. The maximum Gasteiger partial charge on any atom is 0.201 e. The first-order valence-corrected chi connectivity index (χ1v) is 10.8. The topological polar surface area (TPSA) is 83.8 Å². The smallest absolute Gasteiger partial charge is 0.201 e. The minimum Gasteiger partial charge on any atom is -0.396 e. The van der Waals surface area contributed by atoms with Gasteiger partial charge in [0.05, 0.1) is 11.3 Å². The molecule has 164 valence electrons. The Labute approximate surface area is 188 Å². The fraction of sp³-hybridized carbons (Fsp3) is 0.0833. The molecule has 4 N–H and O–H groups in total. The van der Waals surface area contributed by atoms with E-state index in [1.165, 1.54) is 18.1 Å². The molecule has 2 aromatic heterocycles. The van der Waals surface area contributed by atoms with Gasteiger partial charge in [-0.05, 0) is 53.3 Å². The zero-order valence-electron chi connectivity index (χ0n) is 17.6. The molecule has 0 saturated heterocycles. The predicted octanol–water partition coefficient (Wildman–Crippen LogP) is 6.55. The van der Waals surface area contributed by atoms with Gasteiger partial charge in [-0.25, -0.2) is 13.8 Å². The van der Waals surface area contributed by atoms with E-state index in [-0.39, 0.29) is 11.3 Å². The second kappa shape index (κ2) is 10.1. The summed E-state index contributed by atoms with van der Waals surface area (Å²) in [6, 6.07) is 11.4. The van der Waals surface area contributed by atoms with Gasteiger partial charge in [0.25, 0.3) is 0 Å². The first kappa shape index (κ1) is 23.0. The quantitative estimate of drug-likeness (QED) is 0.175. The van der Waals surface area contributed by atoms with Gasteiger partial charge in [0.15, 0.2) is 5.82 Å². The van der Waals surface area contributed by atoms with Crippen LogP contribution >= 0.6 is 11.9 Å². The van der Waals surface area contributed by atoms with Gasteiger partial charge < -0.3 is 15.4 Å². The summed E-state index contributed by atoms with van der Waals surface area (Å²) in [6.45, 7) is 7.63. The molecule has 0 fully saturated rings. The molecule has 0 atom stereocenters. The number of aromatic amines is 1. The molecule has 0 aliphatic heterocycles. The van der Waals surface area contributed by atoms with Crippen LogP contribution in [0.4, 0.5) is 20.2 Å². The van der Waals surface area contributed by atoms with Crippen LogP contribution in [0.1, 0.15) is 29.8 Å². The van der Waals surface area contributed by atoms with Crippen molar-refractivity contribution < 1.29 is 13.6 Å². The van der Waals surface area contributed by atoms with E-state index >= 15 is 0 Å². The van der Waals surface area contributed by atoms with Gasteiger partial charge in [0.1, 0.15) is 11.5 Å². The number of halogens is 2. The number of carbonyl (C=O) groups is 1. The predicted molar refractivity (Wildman–Crippen MR) is 128 cm³/mol. The van der Waals surface area contributed by atoms with Crippen molar-refractivity contribution in [1.29, 1.82) is 0 Å². The maximum atomic E-state index is 14.3. The van der Waals surface area contributed by atoms with Crippen LogP contribution in [0.25, 0.3) is 22.2 Å². The SMILES string of the molecule is C=CSNc1ccc(-c2cnc3[nH]cc(C(=O)c4c(F)ccc(N)c4F)c3c2)cc1.CC. The Morgan fingerprint density at radius 2 is 1.88 bits per heavy atom. The highest BCUT2D eigenvalue weighted by molar-refractivity contribution is 8.03. The minimum atomic E-state index is -1.07. The maximum absolute atomic E-state index is 14.3. The highest BCUT2D eigenvalue weighted by Crippen LogP contribution is 2.29. The van der Waals surface area contributed by atoms with E-state index in [1.54, 1.807) is 17.7 Å². The van der Waals surface area contributed by atoms with Crippen LogP contribution in [0.2, 0.25) is 0 Å². The molecule has 5 nitrogen and oxygen atoms in total. The van der Waals surface area contributed by atoms with Gasteiger partial charge in [-0.3, -0.25) is 4.79 Å². The second-order valence-electron chi connectivity index (χ2n) is 6.44. The number of nitrogens with two attached hydrogens (primary N) is 1. The number of benzene rings is 2. The lowest BCUT2D eigenvalue weighted by Gasteiger charge is -2.07. The largest absolute Gasteiger partial charge is 0.396 e. The third-order valence-electron chi connectivity index (χ3n) is 4.60. The fourth-order valence-electron chi connectivity index (χ4n) is 3.10. The molecular weight excluding hydrogens is 430 g/mol. The lowest BCUT2D eigenvalue weighted by molar-refractivity contribution is 0.103. The number of H-pyrrole nitrogens is 1.